The van der Waals surface area contributed by atoms with Crippen LogP contribution in [0, 0.1) is 0 Å². The quantitative estimate of drug-likeness (QED) is 0.770. The minimum atomic E-state index is -0.930. The number of hydrogen-bond acceptors (Lipinski definition) is 4. The van der Waals surface area contributed by atoms with E-state index in [0.717, 1.165) is 6.54 Å². The third-order valence-corrected chi connectivity index (χ3v) is 4.43. The zero-order chi connectivity index (χ0) is 12.9. The van der Waals surface area contributed by atoms with Gasteiger partial charge < -0.3 is 15.4 Å². The highest BCUT2D eigenvalue weighted by atomic mass is 35.5. The monoisotopic (exact) mass is 298 g/mol. The fraction of sp³-hybridized carbons (Fsp3) is 0.909. The molecular weight excluding hydrogens is 276 g/mol. The van der Waals surface area contributed by atoms with E-state index in [1.807, 2.05) is 20.8 Å². The minimum absolute atomic E-state index is 0. The van der Waals surface area contributed by atoms with Gasteiger partial charge in [-0.2, -0.15) is 0 Å². The predicted octanol–water partition coefficient (Wildman–Crippen LogP) is 0.0600. The molecule has 1 fully saturated rings. The first-order chi connectivity index (χ1) is 7.91. The van der Waals surface area contributed by atoms with Crippen LogP contribution in [0.25, 0.3) is 0 Å². The van der Waals surface area contributed by atoms with E-state index in [1.54, 1.807) is 0 Å². The van der Waals surface area contributed by atoms with Gasteiger partial charge >= 0.3 is 0 Å². The molecule has 2 unspecified atom stereocenters. The Morgan fingerprint density at radius 3 is 2.67 bits per heavy atom. The van der Waals surface area contributed by atoms with Gasteiger partial charge in [-0.3, -0.25) is 9.00 Å². The maximum atomic E-state index is 11.7. The van der Waals surface area contributed by atoms with Crippen LogP contribution in [-0.2, 0) is 20.3 Å². The first-order valence-electron chi connectivity index (χ1n) is 5.90. The van der Waals surface area contributed by atoms with E-state index in [1.165, 1.54) is 0 Å². The van der Waals surface area contributed by atoms with Crippen molar-refractivity contribution in [2.45, 2.75) is 31.6 Å². The van der Waals surface area contributed by atoms with Gasteiger partial charge in [-0.05, 0) is 20.8 Å². The zero-order valence-corrected chi connectivity index (χ0v) is 12.8. The first-order valence-corrected chi connectivity index (χ1v) is 7.21. The summed E-state index contributed by atoms with van der Waals surface area (Å²) in [6, 6.07) is 0. The molecule has 1 saturated heterocycles. The lowest BCUT2D eigenvalue weighted by Gasteiger charge is -2.23. The second kappa shape index (κ2) is 8.09. The van der Waals surface area contributed by atoms with Crippen molar-refractivity contribution in [3.05, 3.63) is 0 Å². The Morgan fingerprint density at radius 1 is 1.50 bits per heavy atom. The molecule has 108 valence electrons. The molecule has 1 aliphatic rings. The van der Waals surface area contributed by atoms with Crippen LogP contribution in [0.2, 0.25) is 0 Å². The van der Waals surface area contributed by atoms with E-state index in [0.29, 0.717) is 25.4 Å². The lowest BCUT2D eigenvalue weighted by molar-refractivity contribution is -0.134. The number of carbonyl (C=O) groups is 1. The SMILES string of the molecule is CC(C)(C)S(=O)CCNC(=O)C1CNCCO1.Cl. The molecule has 0 saturated carbocycles. The van der Waals surface area contributed by atoms with Crippen LogP contribution < -0.4 is 10.6 Å². The Labute approximate surface area is 117 Å². The van der Waals surface area contributed by atoms with E-state index in [9.17, 15) is 9.00 Å². The number of nitrogens with one attached hydrogen (secondary N) is 2. The van der Waals surface area contributed by atoms with Gasteiger partial charge in [-0.1, -0.05) is 0 Å². The standard InChI is InChI=1S/C11H22N2O3S.ClH/c1-11(2,3)17(15)7-5-13-10(14)9-8-12-4-6-16-9;/h9,12H,4-8H2,1-3H3,(H,13,14);1H. The zero-order valence-electron chi connectivity index (χ0n) is 11.2. The summed E-state index contributed by atoms with van der Waals surface area (Å²) in [6.07, 6.45) is -0.410. The van der Waals surface area contributed by atoms with Crippen molar-refractivity contribution >= 4 is 29.1 Å². The number of amides is 1. The molecule has 0 aromatic heterocycles. The summed E-state index contributed by atoms with van der Waals surface area (Å²) in [7, 11) is -0.930. The maximum absolute atomic E-state index is 11.7. The summed E-state index contributed by atoms with van der Waals surface area (Å²) in [6.45, 7) is 8.12. The Morgan fingerprint density at radius 2 is 2.17 bits per heavy atom. The maximum Gasteiger partial charge on any atom is 0.250 e. The van der Waals surface area contributed by atoms with Crippen molar-refractivity contribution in [2.24, 2.45) is 0 Å². The van der Waals surface area contributed by atoms with Crippen molar-refractivity contribution in [1.29, 1.82) is 0 Å². The van der Waals surface area contributed by atoms with Crippen LogP contribution in [0.15, 0.2) is 0 Å². The second-order valence-electron chi connectivity index (χ2n) is 5.02. The van der Waals surface area contributed by atoms with Crippen LogP contribution in [0.1, 0.15) is 20.8 Å². The molecule has 1 amide bonds. The molecule has 18 heavy (non-hydrogen) atoms. The minimum Gasteiger partial charge on any atom is -0.366 e. The average Bonchev–Trinajstić information content (AvgIpc) is 2.28. The molecule has 0 radical (unpaired) electrons. The van der Waals surface area contributed by atoms with Crippen molar-refractivity contribution < 1.29 is 13.7 Å². The molecular formula is C11H23ClN2O3S. The highest BCUT2D eigenvalue weighted by Gasteiger charge is 2.22. The fourth-order valence-electron chi connectivity index (χ4n) is 1.42. The highest BCUT2D eigenvalue weighted by molar-refractivity contribution is 7.86. The third-order valence-electron chi connectivity index (χ3n) is 2.49. The largest absolute Gasteiger partial charge is 0.366 e. The molecule has 1 heterocycles. The fourth-order valence-corrected chi connectivity index (χ4v) is 2.32. The van der Waals surface area contributed by atoms with Crippen molar-refractivity contribution in [2.75, 3.05) is 32.0 Å². The molecule has 1 aliphatic heterocycles. The molecule has 0 bridgehead atoms. The van der Waals surface area contributed by atoms with Crippen molar-refractivity contribution in [1.82, 2.24) is 10.6 Å². The van der Waals surface area contributed by atoms with Gasteiger partial charge in [0.15, 0.2) is 0 Å². The van der Waals surface area contributed by atoms with Crippen molar-refractivity contribution in [3.63, 3.8) is 0 Å². The van der Waals surface area contributed by atoms with Gasteiger partial charge in [0.2, 0.25) is 5.91 Å². The van der Waals surface area contributed by atoms with E-state index in [-0.39, 0.29) is 23.1 Å². The summed E-state index contributed by atoms with van der Waals surface area (Å²) in [5, 5.41) is 5.85. The Hall–Kier alpha value is -0.170. The van der Waals surface area contributed by atoms with Gasteiger partial charge in [0.25, 0.3) is 0 Å². The molecule has 0 aliphatic carbocycles. The number of hydrogen-bond donors (Lipinski definition) is 2. The molecule has 0 aromatic carbocycles. The molecule has 2 N–H and O–H groups in total. The lowest BCUT2D eigenvalue weighted by atomic mass is 10.3. The van der Waals surface area contributed by atoms with Crippen molar-refractivity contribution in [3.8, 4) is 0 Å². The lowest BCUT2D eigenvalue weighted by Crippen LogP contribution is -2.48. The second-order valence-corrected chi connectivity index (χ2v) is 7.34. The molecule has 5 nitrogen and oxygen atoms in total. The van der Waals surface area contributed by atoms with E-state index < -0.39 is 16.9 Å². The molecule has 0 spiro atoms. The van der Waals surface area contributed by atoms with E-state index >= 15 is 0 Å². The molecule has 0 aromatic rings. The normalized spacial score (nSPS) is 21.8. The number of carbonyl (C=O) groups excluding carboxylic acids is 1. The third kappa shape index (κ3) is 6.13. The molecule has 1 rings (SSSR count). The van der Waals surface area contributed by atoms with E-state index in [4.69, 9.17) is 4.74 Å². The summed E-state index contributed by atoms with van der Waals surface area (Å²) in [4.78, 5) is 11.7. The van der Waals surface area contributed by atoms with Gasteiger partial charge in [0, 0.05) is 40.9 Å². The summed E-state index contributed by atoms with van der Waals surface area (Å²) in [5.74, 6) is 0.359. The first kappa shape index (κ1) is 17.8. The molecule has 7 heteroatoms. The Kier molecular flexibility index (Phi) is 8.02. The Balaban J connectivity index is 0.00000289. The summed E-state index contributed by atoms with van der Waals surface area (Å²) >= 11 is 0. The van der Waals surface area contributed by atoms with E-state index in [2.05, 4.69) is 10.6 Å². The van der Waals surface area contributed by atoms with Crippen LogP contribution in [-0.4, -0.2) is 53.0 Å². The smallest absolute Gasteiger partial charge is 0.250 e. The van der Waals surface area contributed by atoms with Crippen LogP contribution in [0.3, 0.4) is 0 Å². The summed E-state index contributed by atoms with van der Waals surface area (Å²) < 4.78 is 16.8. The number of ether oxygens (including phenoxy) is 1. The topological polar surface area (TPSA) is 67.4 Å². The van der Waals surface area contributed by atoms with Crippen LogP contribution >= 0.6 is 12.4 Å². The van der Waals surface area contributed by atoms with Gasteiger partial charge in [-0.15, -0.1) is 12.4 Å². The predicted molar refractivity (Wildman–Crippen MR) is 75.6 cm³/mol. The number of morpholine rings is 1. The van der Waals surface area contributed by atoms with Gasteiger partial charge in [-0.25, -0.2) is 0 Å². The van der Waals surface area contributed by atoms with Crippen LogP contribution in [0.5, 0.6) is 0 Å². The van der Waals surface area contributed by atoms with Gasteiger partial charge in [0.05, 0.1) is 6.61 Å². The average molecular weight is 299 g/mol. The van der Waals surface area contributed by atoms with Crippen LogP contribution in [0.4, 0.5) is 0 Å². The molecule has 2 atom stereocenters. The van der Waals surface area contributed by atoms with Gasteiger partial charge in [0.1, 0.15) is 6.10 Å². The summed E-state index contributed by atoms with van der Waals surface area (Å²) in [5.41, 5.74) is 0. The number of rotatable bonds is 4. The Bertz CT molecular complexity index is 289. The highest BCUT2D eigenvalue weighted by Crippen LogP contribution is 2.10. The number of halogens is 1.